The Morgan fingerprint density at radius 3 is 2.26 bits per heavy atom. The molecule has 0 radical (unpaired) electrons. The lowest BCUT2D eigenvalue weighted by atomic mass is 9.30. The molecule has 7 aliphatic rings. The molecule has 6 fully saturated rings. The van der Waals surface area contributed by atoms with Gasteiger partial charge in [0.2, 0.25) is 0 Å². The van der Waals surface area contributed by atoms with E-state index in [2.05, 4.69) is 70.3 Å². The summed E-state index contributed by atoms with van der Waals surface area (Å²) in [5.74, 6) is -0.711. The van der Waals surface area contributed by atoms with Crippen LogP contribution in [-0.2, 0) is 32.2 Å². The molecular weight excluding hydrogens is 791 g/mol. The summed E-state index contributed by atoms with van der Waals surface area (Å²) >= 11 is 0. The number of rotatable bonds is 13. The molecule has 0 unspecified atom stereocenters. The Bertz CT molecular complexity index is 1810. The van der Waals surface area contributed by atoms with E-state index in [4.69, 9.17) is 14.2 Å². The lowest BCUT2D eigenvalue weighted by molar-refractivity contribution is -0.334. The van der Waals surface area contributed by atoms with Crippen LogP contribution in [0.5, 0.6) is 0 Å². The molecule has 8 rings (SSSR count). The minimum absolute atomic E-state index is 0.00461. The summed E-state index contributed by atoms with van der Waals surface area (Å²) < 4.78 is 19.7. The van der Waals surface area contributed by atoms with Crippen molar-refractivity contribution >= 4 is 5.97 Å². The fourth-order valence-electron chi connectivity index (χ4n) is 16.3. The second kappa shape index (κ2) is 17.0. The summed E-state index contributed by atoms with van der Waals surface area (Å²) in [5, 5.41) is 80.0. The number of carbonyl (C=O) groups is 1. The standard InChI is InChI=1S/C50H77NO11/c1-45(27-53)20-33-11-7-10-32-21-50(33,44(58)59)35(22-45)34-19-31(9-8-18-52)41-46(2)23-37(60-25-30-14-12-29(13-15-30)24-51-6)42(62-43-40(57)39(56)36(55)26-61-43)47(3,28-54)38(46)16-17-48(41,4)49(32,34)5/h12-15,19,31-33,35-43,51-57H,7-11,16-18,20-28H2,1-6H3,(H,58,59)/t31-,32+,33+,35+,36-,37-,38+,39+,40-,41-,42-,43+,45+,46+,47+,48-,49-,50-/m1/s1. The van der Waals surface area contributed by atoms with Gasteiger partial charge in [0.1, 0.15) is 18.3 Å². The van der Waals surface area contributed by atoms with Gasteiger partial charge < -0.3 is 55.3 Å². The molecule has 5 saturated carbocycles. The smallest absolute Gasteiger partial charge is 0.310 e. The summed E-state index contributed by atoms with van der Waals surface area (Å²) in [6.07, 6.45) is 4.04. The molecule has 12 nitrogen and oxygen atoms in total. The second-order valence-corrected chi connectivity index (χ2v) is 22.5. The van der Waals surface area contributed by atoms with Crippen LogP contribution in [0.25, 0.3) is 0 Å². The number of allylic oxidation sites excluding steroid dienone is 2. The van der Waals surface area contributed by atoms with Crippen LogP contribution in [-0.4, -0.2) is 112 Å². The van der Waals surface area contributed by atoms with Gasteiger partial charge in [-0.2, -0.15) is 0 Å². The zero-order valence-corrected chi connectivity index (χ0v) is 38.1. The van der Waals surface area contributed by atoms with Crippen LogP contribution in [0.4, 0.5) is 0 Å². The van der Waals surface area contributed by atoms with Gasteiger partial charge >= 0.3 is 5.97 Å². The van der Waals surface area contributed by atoms with Crippen LogP contribution in [0, 0.1) is 68.0 Å². The summed E-state index contributed by atoms with van der Waals surface area (Å²) in [6.45, 7) is 12.3. The van der Waals surface area contributed by atoms with E-state index in [0.29, 0.717) is 25.7 Å². The molecule has 1 saturated heterocycles. The fraction of sp³-hybridized carbons (Fsp3) is 0.820. The van der Waals surface area contributed by atoms with Gasteiger partial charge in [0.05, 0.1) is 37.4 Å². The van der Waals surface area contributed by atoms with E-state index >= 15 is 0 Å². The first kappa shape index (κ1) is 46.6. The monoisotopic (exact) mass is 868 g/mol. The Morgan fingerprint density at radius 1 is 0.887 bits per heavy atom. The number of nitrogens with one attached hydrogen (secondary N) is 1. The van der Waals surface area contributed by atoms with Crippen molar-refractivity contribution in [3.63, 3.8) is 0 Å². The molecule has 1 aromatic rings. The van der Waals surface area contributed by atoms with E-state index in [9.17, 15) is 40.5 Å². The molecule has 62 heavy (non-hydrogen) atoms. The van der Waals surface area contributed by atoms with Gasteiger partial charge in [-0.3, -0.25) is 4.79 Å². The van der Waals surface area contributed by atoms with Crippen LogP contribution in [0.1, 0.15) is 116 Å². The van der Waals surface area contributed by atoms with Gasteiger partial charge in [0.15, 0.2) is 6.29 Å². The number of carboxylic acid groups (broad SMARTS) is 1. The van der Waals surface area contributed by atoms with Crippen molar-refractivity contribution in [2.24, 2.45) is 68.0 Å². The summed E-state index contributed by atoms with van der Waals surface area (Å²) in [7, 11) is 1.92. The van der Waals surface area contributed by atoms with Crippen molar-refractivity contribution < 1.29 is 54.8 Å². The number of carboxylic acids is 1. The fourth-order valence-corrected chi connectivity index (χ4v) is 16.3. The van der Waals surface area contributed by atoms with E-state index in [1.807, 2.05) is 7.05 Å². The molecule has 0 aromatic heterocycles. The number of hydrogen-bond acceptors (Lipinski definition) is 11. The highest BCUT2D eigenvalue weighted by Crippen LogP contribution is 2.79. The third kappa shape index (κ3) is 7.01. The van der Waals surface area contributed by atoms with Crippen LogP contribution in [0.3, 0.4) is 0 Å². The molecule has 18 atom stereocenters. The first-order valence-corrected chi connectivity index (χ1v) is 23.8. The first-order valence-electron chi connectivity index (χ1n) is 23.8. The van der Waals surface area contributed by atoms with E-state index in [1.54, 1.807) is 0 Å². The molecule has 348 valence electrons. The SMILES string of the molecule is CNCc1ccc(CO[C@@H]2C[C@@]3(C)[C@H](CC[C@]4(C)[C@@H]3[C@H](CCCO)C=C3[C@@H]5C[C@@](C)(CO)C[C@@H]6CCC[C@@H](C[C@@]65C(=O)O)[C@]34C)[C@](C)(CO)[C@@H]2O[C@@H]2OC[C@@H](O)[C@H](O)[C@H]2O)cc1. The Kier molecular flexibility index (Phi) is 12.8. The lowest BCUT2D eigenvalue weighted by Crippen LogP contribution is -2.72. The summed E-state index contributed by atoms with van der Waals surface area (Å²) in [6, 6.07) is 8.29. The van der Waals surface area contributed by atoms with Crippen LogP contribution < -0.4 is 5.32 Å². The normalized spacial score (nSPS) is 48.5. The first-order chi connectivity index (χ1) is 29.4. The molecule has 12 heteroatoms. The highest BCUT2D eigenvalue weighted by Gasteiger charge is 2.75. The van der Waals surface area contributed by atoms with E-state index < -0.39 is 59.0 Å². The Labute approximate surface area is 368 Å². The zero-order chi connectivity index (χ0) is 44.6. The number of aliphatic hydroxyl groups is 6. The molecule has 1 heterocycles. The van der Waals surface area contributed by atoms with Gasteiger partial charge in [-0.15, -0.1) is 0 Å². The maximum Gasteiger partial charge on any atom is 0.310 e. The Morgan fingerprint density at radius 2 is 1.60 bits per heavy atom. The summed E-state index contributed by atoms with van der Waals surface area (Å²) in [5.41, 5.74) is 0.224. The predicted octanol–water partition coefficient (Wildman–Crippen LogP) is 5.19. The minimum atomic E-state index is -1.51. The van der Waals surface area contributed by atoms with Crippen LogP contribution >= 0.6 is 0 Å². The molecule has 0 spiro atoms. The number of ether oxygens (including phenoxy) is 3. The second-order valence-electron chi connectivity index (χ2n) is 22.5. The van der Waals surface area contributed by atoms with Gasteiger partial charge in [0.25, 0.3) is 0 Å². The number of aliphatic carboxylic acids is 1. The molecule has 6 aliphatic carbocycles. The minimum Gasteiger partial charge on any atom is -0.481 e. The van der Waals surface area contributed by atoms with Crippen molar-refractivity contribution in [1.29, 1.82) is 0 Å². The van der Waals surface area contributed by atoms with Crippen molar-refractivity contribution in [3.8, 4) is 0 Å². The van der Waals surface area contributed by atoms with Crippen molar-refractivity contribution in [2.45, 2.75) is 155 Å². The maximum atomic E-state index is 13.9. The largest absolute Gasteiger partial charge is 0.481 e. The topological polar surface area (TPSA) is 198 Å². The number of benzene rings is 1. The molecule has 1 aliphatic heterocycles. The van der Waals surface area contributed by atoms with E-state index in [-0.39, 0.29) is 84.8 Å². The van der Waals surface area contributed by atoms with Crippen molar-refractivity contribution in [2.75, 3.05) is 33.5 Å². The van der Waals surface area contributed by atoms with Gasteiger partial charge in [-0.1, -0.05) is 77.0 Å². The van der Waals surface area contributed by atoms with E-state index in [1.165, 1.54) is 5.57 Å². The van der Waals surface area contributed by atoms with Gasteiger partial charge in [-0.25, -0.2) is 0 Å². The Balaban J connectivity index is 1.25. The van der Waals surface area contributed by atoms with E-state index in [0.717, 1.165) is 62.6 Å². The third-order valence-corrected chi connectivity index (χ3v) is 19.3. The maximum absolute atomic E-state index is 13.9. The summed E-state index contributed by atoms with van der Waals surface area (Å²) in [4.78, 5) is 13.9. The van der Waals surface area contributed by atoms with Gasteiger partial charge in [-0.05, 0) is 140 Å². The molecular formula is C50H77NO11. The highest BCUT2D eigenvalue weighted by atomic mass is 16.7. The van der Waals surface area contributed by atoms with Crippen LogP contribution in [0.2, 0.25) is 0 Å². The van der Waals surface area contributed by atoms with Crippen molar-refractivity contribution in [1.82, 2.24) is 5.32 Å². The number of aliphatic hydroxyl groups excluding tert-OH is 6. The van der Waals surface area contributed by atoms with Gasteiger partial charge in [0, 0.05) is 25.2 Å². The quantitative estimate of drug-likeness (QED) is 0.0956. The average Bonchev–Trinajstić information content (AvgIpc) is 3.43. The average molecular weight is 868 g/mol. The lowest BCUT2D eigenvalue weighted by Gasteiger charge is -2.74. The molecule has 8 N–H and O–H groups in total. The zero-order valence-electron chi connectivity index (χ0n) is 38.1. The Hall–Kier alpha value is -1.97. The molecule has 2 bridgehead atoms. The number of fused-ring (bicyclic) bond motifs is 8. The molecule has 0 amide bonds. The third-order valence-electron chi connectivity index (χ3n) is 19.3. The van der Waals surface area contributed by atoms with Crippen molar-refractivity contribution in [3.05, 3.63) is 47.0 Å². The molecule has 1 aromatic carbocycles. The predicted molar refractivity (Wildman–Crippen MR) is 232 cm³/mol. The van der Waals surface area contributed by atoms with Crippen LogP contribution in [0.15, 0.2) is 35.9 Å². The highest BCUT2D eigenvalue weighted by molar-refractivity contribution is 5.77. The number of hydrogen-bond donors (Lipinski definition) is 8.